The van der Waals surface area contributed by atoms with E-state index < -0.39 is 0 Å². The summed E-state index contributed by atoms with van der Waals surface area (Å²) in [5.41, 5.74) is 0.266. The third-order valence-electron chi connectivity index (χ3n) is 4.56. The van der Waals surface area contributed by atoms with Gasteiger partial charge in [0.2, 0.25) is 5.91 Å². The lowest BCUT2D eigenvalue weighted by molar-refractivity contribution is -0.128. The number of amides is 1. The minimum Gasteiger partial charge on any atom is -0.349 e. The number of fused-ring (bicyclic) bond motifs is 2. The third kappa shape index (κ3) is 3.11. The third-order valence-corrected chi connectivity index (χ3v) is 4.56. The van der Waals surface area contributed by atoms with Gasteiger partial charge in [0.25, 0.3) is 0 Å². The van der Waals surface area contributed by atoms with Crippen LogP contribution in [0.15, 0.2) is 0 Å². The Morgan fingerprint density at radius 1 is 1.32 bits per heavy atom. The molecule has 2 aliphatic heterocycles. The molecule has 19 heavy (non-hydrogen) atoms. The summed E-state index contributed by atoms with van der Waals surface area (Å²) in [7, 11) is 3.64. The molecular formula is C15H29N3O. The normalized spacial score (nSPS) is 30.9. The lowest BCUT2D eigenvalue weighted by Gasteiger charge is -2.37. The zero-order valence-corrected chi connectivity index (χ0v) is 13.1. The van der Waals surface area contributed by atoms with Crippen molar-refractivity contribution in [2.75, 3.05) is 20.6 Å². The van der Waals surface area contributed by atoms with Crippen LogP contribution >= 0.6 is 0 Å². The highest BCUT2D eigenvalue weighted by molar-refractivity contribution is 5.75. The molecule has 0 aromatic heterocycles. The molecule has 3 atom stereocenters. The summed E-state index contributed by atoms with van der Waals surface area (Å²) in [6.45, 7) is 7.76. The fourth-order valence-corrected chi connectivity index (χ4v) is 3.84. The molecule has 1 N–H and O–H groups in total. The molecule has 2 heterocycles. The van der Waals surface area contributed by atoms with E-state index >= 15 is 0 Å². The Balaban J connectivity index is 1.83. The van der Waals surface area contributed by atoms with Crippen molar-refractivity contribution in [3.8, 4) is 0 Å². The second kappa shape index (κ2) is 5.41. The Morgan fingerprint density at radius 3 is 2.53 bits per heavy atom. The molecule has 2 bridgehead atoms. The van der Waals surface area contributed by atoms with Crippen LogP contribution in [-0.2, 0) is 4.79 Å². The van der Waals surface area contributed by atoms with Gasteiger partial charge in [-0.05, 0) is 40.0 Å². The number of hydrogen-bond donors (Lipinski definition) is 1. The van der Waals surface area contributed by atoms with Crippen LogP contribution in [0.2, 0.25) is 0 Å². The Kier molecular flexibility index (Phi) is 4.21. The van der Waals surface area contributed by atoms with E-state index in [4.69, 9.17) is 0 Å². The van der Waals surface area contributed by atoms with Gasteiger partial charge >= 0.3 is 0 Å². The first-order valence-electron chi connectivity index (χ1n) is 7.52. The SMILES string of the molecule is CN(C)C(=O)CCNC1C[C@H]2CC[C@@H]1N2C(C)(C)C. The van der Waals surface area contributed by atoms with Crippen molar-refractivity contribution in [3.63, 3.8) is 0 Å². The molecule has 110 valence electrons. The summed E-state index contributed by atoms with van der Waals surface area (Å²) in [6.07, 6.45) is 4.51. The Bertz CT molecular complexity index is 335. The van der Waals surface area contributed by atoms with E-state index in [9.17, 15) is 4.79 Å². The highest BCUT2D eigenvalue weighted by atomic mass is 16.2. The summed E-state index contributed by atoms with van der Waals surface area (Å²) >= 11 is 0. The summed E-state index contributed by atoms with van der Waals surface area (Å²) in [6, 6.07) is 1.99. The van der Waals surface area contributed by atoms with E-state index in [2.05, 4.69) is 31.0 Å². The second-order valence-corrected chi connectivity index (χ2v) is 7.21. The molecule has 0 radical (unpaired) electrons. The minimum absolute atomic E-state index is 0.211. The molecular weight excluding hydrogens is 238 g/mol. The van der Waals surface area contributed by atoms with Crippen molar-refractivity contribution in [2.24, 2.45) is 0 Å². The Hall–Kier alpha value is -0.610. The fourth-order valence-electron chi connectivity index (χ4n) is 3.84. The van der Waals surface area contributed by atoms with E-state index in [0.717, 1.165) is 12.6 Å². The molecule has 1 unspecified atom stereocenters. The van der Waals surface area contributed by atoms with Crippen LogP contribution in [0.3, 0.4) is 0 Å². The zero-order chi connectivity index (χ0) is 14.2. The fraction of sp³-hybridized carbons (Fsp3) is 0.933. The first-order chi connectivity index (χ1) is 8.80. The summed E-state index contributed by atoms with van der Waals surface area (Å²) in [4.78, 5) is 15.9. The standard InChI is InChI=1S/C15H29N3O/c1-15(2,3)18-11-6-7-13(18)12(10-11)16-9-8-14(19)17(4)5/h11-13,16H,6-10H2,1-5H3/t11-,12?,13+/m1/s1. The minimum atomic E-state index is 0.211. The van der Waals surface area contributed by atoms with Crippen molar-refractivity contribution in [1.82, 2.24) is 15.1 Å². The first-order valence-corrected chi connectivity index (χ1v) is 7.52. The van der Waals surface area contributed by atoms with Gasteiger partial charge in [0.1, 0.15) is 0 Å². The van der Waals surface area contributed by atoms with E-state index in [1.807, 2.05) is 14.1 Å². The number of carbonyl (C=O) groups is 1. The predicted octanol–water partition coefficient (Wildman–Crippen LogP) is 1.46. The largest absolute Gasteiger partial charge is 0.349 e. The van der Waals surface area contributed by atoms with E-state index in [0.29, 0.717) is 18.5 Å². The van der Waals surface area contributed by atoms with Crippen LogP contribution in [0.1, 0.15) is 46.5 Å². The number of carbonyl (C=O) groups excluding carboxylic acids is 1. The average Bonchev–Trinajstić information content (AvgIpc) is 2.85. The molecule has 0 saturated carbocycles. The van der Waals surface area contributed by atoms with Crippen LogP contribution in [0, 0.1) is 0 Å². The number of hydrogen-bond acceptors (Lipinski definition) is 3. The monoisotopic (exact) mass is 267 g/mol. The predicted molar refractivity (Wildman–Crippen MR) is 78.1 cm³/mol. The molecule has 0 aromatic carbocycles. The lowest BCUT2D eigenvalue weighted by atomic mass is 9.95. The van der Waals surface area contributed by atoms with Crippen LogP contribution in [-0.4, -0.2) is 60.0 Å². The van der Waals surface area contributed by atoms with Crippen molar-refractivity contribution >= 4 is 5.91 Å². The number of rotatable bonds is 4. The molecule has 2 aliphatic rings. The number of nitrogens with zero attached hydrogens (tertiary/aromatic N) is 2. The van der Waals surface area contributed by atoms with Crippen LogP contribution < -0.4 is 5.32 Å². The van der Waals surface area contributed by atoms with Crippen molar-refractivity contribution in [1.29, 1.82) is 0 Å². The van der Waals surface area contributed by atoms with Gasteiger partial charge in [0.15, 0.2) is 0 Å². The zero-order valence-electron chi connectivity index (χ0n) is 13.1. The summed E-state index contributed by atoms with van der Waals surface area (Å²) < 4.78 is 0. The maximum atomic E-state index is 11.6. The molecule has 1 amide bonds. The van der Waals surface area contributed by atoms with Gasteiger partial charge in [0.05, 0.1) is 0 Å². The molecule has 0 spiro atoms. The summed E-state index contributed by atoms with van der Waals surface area (Å²) in [5, 5.41) is 3.61. The molecule has 4 nitrogen and oxygen atoms in total. The summed E-state index contributed by atoms with van der Waals surface area (Å²) in [5.74, 6) is 0.211. The number of nitrogens with one attached hydrogen (secondary N) is 1. The smallest absolute Gasteiger partial charge is 0.223 e. The van der Waals surface area contributed by atoms with Gasteiger partial charge in [-0.15, -0.1) is 0 Å². The van der Waals surface area contributed by atoms with Gasteiger partial charge < -0.3 is 10.2 Å². The molecule has 2 saturated heterocycles. The Labute approximate surface area is 117 Å². The van der Waals surface area contributed by atoms with Gasteiger partial charge in [-0.3, -0.25) is 9.69 Å². The van der Waals surface area contributed by atoms with Gasteiger partial charge in [-0.2, -0.15) is 0 Å². The molecule has 4 heteroatoms. The van der Waals surface area contributed by atoms with Gasteiger partial charge in [-0.25, -0.2) is 0 Å². The first kappa shape index (κ1) is 14.8. The highest BCUT2D eigenvalue weighted by Gasteiger charge is 2.49. The maximum absolute atomic E-state index is 11.6. The Morgan fingerprint density at radius 2 is 2.00 bits per heavy atom. The van der Waals surface area contributed by atoms with Crippen LogP contribution in [0.5, 0.6) is 0 Å². The van der Waals surface area contributed by atoms with Crippen molar-refractivity contribution < 1.29 is 4.79 Å². The van der Waals surface area contributed by atoms with E-state index in [-0.39, 0.29) is 11.4 Å². The molecule has 0 aromatic rings. The van der Waals surface area contributed by atoms with Crippen molar-refractivity contribution in [2.45, 2.75) is 70.1 Å². The second-order valence-electron chi connectivity index (χ2n) is 7.21. The molecule has 2 rings (SSSR count). The topological polar surface area (TPSA) is 35.6 Å². The maximum Gasteiger partial charge on any atom is 0.223 e. The highest BCUT2D eigenvalue weighted by Crippen LogP contribution is 2.42. The van der Waals surface area contributed by atoms with E-state index in [1.165, 1.54) is 19.3 Å². The lowest BCUT2D eigenvalue weighted by Crippen LogP contribution is -2.48. The van der Waals surface area contributed by atoms with Crippen molar-refractivity contribution in [3.05, 3.63) is 0 Å². The molecule has 0 aliphatic carbocycles. The molecule has 2 fully saturated rings. The van der Waals surface area contributed by atoms with Crippen LogP contribution in [0.4, 0.5) is 0 Å². The van der Waals surface area contributed by atoms with Crippen LogP contribution in [0.25, 0.3) is 0 Å². The van der Waals surface area contributed by atoms with E-state index in [1.54, 1.807) is 4.90 Å². The van der Waals surface area contributed by atoms with Gasteiger partial charge in [-0.1, -0.05) is 0 Å². The average molecular weight is 267 g/mol. The quantitative estimate of drug-likeness (QED) is 0.837. The van der Waals surface area contributed by atoms with Gasteiger partial charge in [0, 0.05) is 50.7 Å².